The number of rotatable bonds is 4. The Kier molecular flexibility index (Phi) is 3.69. The second-order valence-corrected chi connectivity index (χ2v) is 4.65. The van der Waals surface area contributed by atoms with Crippen LogP contribution in [0.5, 0.6) is 11.5 Å². The van der Waals surface area contributed by atoms with Gasteiger partial charge in [0, 0.05) is 0 Å². The first kappa shape index (κ1) is 14.0. The van der Waals surface area contributed by atoms with Crippen LogP contribution in [0.4, 0.5) is 0 Å². The maximum atomic E-state index is 12.0. The van der Waals surface area contributed by atoms with E-state index in [0.717, 1.165) is 0 Å². The van der Waals surface area contributed by atoms with E-state index < -0.39 is 12.1 Å². The quantitative estimate of drug-likeness (QED) is 0.886. The van der Waals surface area contributed by atoms with Crippen molar-refractivity contribution in [1.29, 1.82) is 0 Å². The Labute approximate surface area is 125 Å². The third kappa shape index (κ3) is 2.88. The van der Waals surface area contributed by atoms with Crippen molar-refractivity contribution in [1.82, 2.24) is 5.32 Å². The van der Waals surface area contributed by atoms with Gasteiger partial charge in [-0.2, -0.15) is 0 Å². The average Bonchev–Trinajstić information content (AvgIpc) is 3.01. The predicted octanol–water partition coefficient (Wildman–Crippen LogP) is 1.43. The van der Waals surface area contributed by atoms with Gasteiger partial charge in [0.15, 0.2) is 11.5 Å². The Balaban J connectivity index is 1.57. The molecule has 2 aromatic rings. The monoisotopic (exact) mass is 303 g/mol. The number of carbonyl (C=O) groups excluding carboxylic acids is 1. The molecule has 7 heteroatoms. The highest BCUT2D eigenvalue weighted by atomic mass is 16.6. The van der Waals surface area contributed by atoms with Crippen molar-refractivity contribution in [2.75, 3.05) is 6.61 Å². The van der Waals surface area contributed by atoms with E-state index in [-0.39, 0.29) is 24.8 Å². The lowest BCUT2D eigenvalue weighted by Gasteiger charge is -2.25. The minimum atomic E-state index is -1.15. The van der Waals surface area contributed by atoms with Crippen LogP contribution < -0.4 is 14.8 Å². The molecule has 0 aliphatic carbocycles. The van der Waals surface area contributed by atoms with Crippen molar-refractivity contribution in [2.24, 2.45) is 0 Å². The van der Waals surface area contributed by atoms with E-state index in [1.807, 2.05) is 6.07 Å². The van der Waals surface area contributed by atoms with Gasteiger partial charge in [-0.05, 0) is 24.3 Å². The van der Waals surface area contributed by atoms with Crippen molar-refractivity contribution >= 4 is 11.9 Å². The fraction of sp³-hybridized carbons (Fsp3) is 0.200. The fourth-order valence-electron chi connectivity index (χ4n) is 2.02. The molecule has 114 valence electrons. The largest absolute Gasteiger partial charge is 0.485 e. The van der Waals surface area contributed by atoms with E-state index in [2.05, 4.69) is 5.32 Å². The second-order valence-electron chi connectivity index (χ2n) is 4.65. The number of fused-ring (bicyclic) bond motifs is 1. The summed E-state index contributed by atoms with van der Waals surface area (Å²) < 4.78 is 16.1. The number of aromatic carboxylic acids is 1. The van der Waals surface area contributed by atoms with E-state index in [4.69, 9.17) is 19.0 Å². The molecule has 0 fully saturated rings. The SMILES string of the molecule is O=C(O)c1ccc(CNC(=O)[C@@H]2COc3ccccc3O2)o1. The highest BCUT2D eigenvalue weighted by Crippen LogP contribution is 2.30. The molecule has 2 heterocycles. The van der Waals surface area contributed by atoms with Crippen LogP contribution in [0.25, 0.3) is 0 Å². The molecule has 0 bridgehead atoms. The van der Waals surface area contributed by atoms with Crippen LogP contribution >= 0.6 is 0 Å². The molecular formula is C15H13NO6. The minimum Gasteiger partial charge on any atom is -0.485 e. The van der Waals surface area contributed by atoms with Crippen molar-refractivity contribution < 1.29 is 28.6 Å². The van der Waals surface area contributed by atoms with Crippen molar-refractivity contribution in [3.8, 4) is 11.5 Å². The zero-order valence-corrected chi connectivity index (χ0v) is 11.4. The number of benzene rings is 1. The standard InChI is InChI=1S/C15H13NO6/c17-14(16-7-9-5-6-12(21-9)15(18)19)13-8-20-10-3-1-2-4-11(10)22-13/h1-6,13H,7-8H2,(H,16,17)(H,18,19)/t13-/m0/s1. The van der Waals surface area contributed by atoms with Gasteiger partial charge in [-0.1, -0.05) is 12.1 Å². The van der Waals surface area contributed by atoms with Crippen LogP contribution in [0.2, 0.25) is 0 Å². The third-order valence-electron chi connectivity index (χ3n) is 3.11. The van der Waals surface area contributed by atoms with Crippen LogP contribution in [0.1, 0.15) is 16.3 Å². The van der Waals surface area contributed by atoms with Gasteiger partial charge in [0.2, 0.25) is 11.9 Å². The van der Waals surface area contributed by atoms with Gasteiger partial charge in [0.25, 0.3) is 5.91 Å². The van der Waals surface area contributed by atoms with Gasteiger partial charge < -0.3 is 24.3 Å². The Morgan fingerprint density at radius 3 is 2.68 bits per heavy atom. The molecule has 0 unspecified atom stereocenters. The zero-order valence-electron chi connectivity index (χ0n) is 11.4. The van der Waals surface area contributed by atoms with Gasteiger partial charge in [-0.15, -0.1) is 0 Å². The highest BCUT2D eigenvalue weighted by molar-refractivity contribution is 5.84. The highest BCUT2D eigenvalue weighted by Gasteiger charge is 2.27. The molecular weight excluding hydrogens is 290 g/mol. The summed E-state index contributed by atoms with van der Waals surface area (Å²) in [6.07, 6.45) is -0.760. The molecule has 2 N–H and O–H groups in total. The normalized spacial score (nSPS) is 16.1. The zero-order chi connectivity index (χ0) is 15.5. The molecule has 0 saturated carbocycles. The number of carboxylic acids is 1. The molecule has 1 atom stereocenters. The molecule has 3 rings (SSSR count). The first-order chi connectivity index (χ1) is 10.6. The maximum absolute atomic E-state index is 12.0. The lowest BCUT2D eigenvalue weighted by atomic mass is 10.2. The van der Waals surface area contributed by atoms with Gasteiger partial charge in [-0.3, -0.25) is 4.79 Å². The number of para-hydroxylation sites is 2. The maximum Gasteiger partial charge on any atom is 0.371 e. The topological polar surface area (TPSA) is 98.0 Å². The lowest BCUT2D eigenvalue weighted by Crippen LogP contribution is -2.43. The number of hydrogen-bond donors (Lipinski definition) is 2. The average molecular weight is 303 g/mol. The van der Waals surface area contributed by atoms with E-state index in [9.17, 15) is 9.59 Å². The van der Waals surface area contributed by atoms with E-state index >= 15 is 0 Å². The molecule has 0 radical (unpaired) electrons. The molecule has 0 spiro atoms. The number of hydrogen-bond acceptors (Lipinski definition) is 5. The van der Waals surface area contributed by atoms with Gasteiger partial charge >= 0.3 is 5.97 Å². The van der Waals surface area contributed by atoms with Crippen molar-refractivity contribution in [3.63, 3.8) is 0 Å². The van der Waals surface area contributed by atoms with Crippen LogP contribution in [0.3, 0.4) is 0 Å². The van der Waals surface area contributed by atoms with Crippen molar-refractivity contribution in [2.45, 2.75) is 12.6 Å². The summed E-state index contributed by atoms with van der Waals surface area (Å²) in [7, 11) is 0. The molecule has 22 heavy (non-hydrogen) atoms. The molecule has 1 aromatic heterocycles. The fourth-order valence-corrected chi connectivity index (χ4v) is 2.02. The van der Waals surface area contributed by atoms with Gasteiger partial charge in [0.05, 0.1) is 6.54 Å². The Morgan fingerprint density at radius 2 is 1.95 bits per heavy atom. The molecule has 7 nitrogen and oxygen atoms in total. The van der Waals surface area contributed by atoms with Gasteiger partial charge in [-0.25, -0.2) is 4.79 Å². The minimum absolute atomic E-state index is 0.0770. The van der Waals surface area contributed by atoms with Crippen LogP contribution in [-0.2, 0) is 11.3 Å². The smallest absolute Gasteiger partial charge is 0.371 e. The van der Waals surface area contributed by atoms with Crippen LogP contribution in [0.15, 0.2) is 40.8 Å². The summed E-state index contributed by atoms with van der Waals surface area (Å²) in [5.74, 6) is -0.219. The van der Waals surface area contributed by atoms with E-state index in [0.29, 0.717) is 17.3 Å². The first-order valence-corrected chi connectivity index (χ1v) is 6.61. The summed E-state index contributed by atoms with van der Waals surface area (Å²) in [4.78, 5) is 22.7. The number of ether oxygens (including phenoxy) is 2. The Morgan fingerprint density at radius 1 is 1.18 bits per heavy atom. The Hall–Kier alpha value is -2.96. The number of nitrogens with one attached hydrogen (secondary N) is 1. The predicted molar refractivity (Wildman–Crippen MR) is 73.9 cm³/mol. The van der Waals surface area contributed by atoms with E-state index in [1.54, 1.807) is 18.2 Å². The lowest BCUT2D eigenvalue weighted by molar-refractivity contribution is -0.130. The summed E-state index contributed by atoms with van der Waals surface area (Å²) in [5.41, 5.74) is 0. The van der Waals surface area contributed by atoms with Crippen LogP contribution in [0, 0.1) is 0 Å². The first-order valence-electron chi connectivity index (χ1n) is 6.61. The number of carbonyl (C=O) groups is 2. The molecule has 1 aromatic carbocycles. The number of amides is 1. The summed E-state index contributed by atoms with van der Waals surface area (Å²) in [5, 5.41) is 11.4. The molecule has 1 aliphatic rings. The van der Waals surface area contributed by atoms with Crippen molar-refractivity contribution in [3.05, 3.63) is 47.9 Å². The summed E-state index contributed by atoms with van der Waals surface area (Å²) >= 11 is 0. The Bertz CT molecular complexity index is 708. The second kappa shape index (κ2) is 5.80. The molecule has 1 amide bonds. The molecule has 0 saturated heterocycles. The third-order valence-corrected chi connectivity index (χ3v) is 3.11. The summed E-state index contributed by atoms with van der Waals surface area (Å²) in [6.45, 7) is 0.189. The molecule has 1 aliphatic heterocycles. The number of furan rings is 1. The van der Waals surface area contributed by atoms with Crippen LogP contribution in [-0.4, -0.2) is 29.7 Å². The van der Waals surface area contributed by atoms with E-state index in [1.165, 1.54) is 12.1 Å². The van der Waals surface area contributed by atoms with Gasteiger partial charge in [0.1, 0.15) is 12.4 Å². The summed E-state index contributed by atoms with van der Waals surface area (Å²) in [6, 6.07) is 9.93. The number of carboxylic acid groups (broad SMARTS) is 1.